The highest BCUT2D eigenvalue weighted by atomic mass is 79.9. The van der Waals surface area contributed by atoms with Gasteiger partial charge in [0.05, 0.1) is 18.7 Å². The summed E-state index contributed by atoms with van der Waals surface area (Å²) < 4.78 is 17.6. The SMILES string of the molecule is COc1ccc(CCNCc2cc(Br)c(OCc3ccc(Cl)cc3Cl)c(OC)c2)cc1.Cl. The van der Waals surface area contributed by atoms with Crippen molar-refractivity contribution >= 4 is 51.5 Å². The minimum absolute atomic E-state index is 0. The molecule has 0 atom stereocenters. The van der Waals surface area contributed by atoms with E-state index in [0.717, 1.165) is 34.3 Å². The van der Waals surface area contributed by atoms with Gasteiger partial charge in [0.15, 0.2) is 11.5 Å². The Labute approximate surface area is 213 Å². The van der Waals surface area contributed by atoms with Gasteiger partial charge < -0.3 is 19.5 Å². The van der Waals surface area contributed by atoms with Crippen molar-refractivity contribution < 1.29 is 14.2 Å². The average Bonchev–Trinajstić information content (AvgIpc) is 2.77. The number of ether oxygens (including phenoxy) is 3. The molecular weight excluding hydrogens is 537 g/mol. The van der Waals surface area contributed by atoms with Gasteiger partial charge in [-0.2, -0.15) is 0 Å². The molecule has 0 spiro atoms. The van der Waals surface area contributed by atoms with Crippen LogP contribution in [-0.2, 0) is 19.6 Å². The van der Waals surface area contributed by atoms with Crippen molar-refractivity contribution in [3.63, 3.8) is 0 Å². The number of nitrogens with one attached hydrogen (secondary N) is 1. The molecule has 0 saturated heterocycles. The van der Waals surface area contributed by atoms with E-state index in [1.165, 1.54) is 5.56 Å². The number of benzene rings is 3. The zero-order valence-corrected chi connectivity index (χ0v) is 21.7. The molecule has 0 unspecified atom stereocenters. The number of hydrogen-bond donors (Lipinski definition) is 1. The lowest BCUT2D eigenvalue weighted by atomic mass is 10.1. The Morgan fingerprint density at radius 3 is 2.31 bits per heavy atom. The van der Waals surface area contributed by atoms with E-state index in [9.17, 15) is 0 Å². The van der Waals surface area contributed by atoms with Crippen LogP contribution < -0.4 is 19.5 Å². The average molecular weight is 562 g/mol. The van der Waals surface area contributed by atoms with Crippen LogP contribution in [0.5, 0.6) is 17.2 Å². The van der Waals surface area contributed by atoms with Crippen LogP contribution in [0.15, 0.2) is 59.1 Å². The molecule has 3 aromatic rings. The highest BCUT2D eigenvalue weighted by molar-refractivity contribution is 9.10. The predicted octanol–water partition coefficient (Wildman–Crippen LogP) is 7.11. The molecule has 1 N–H and O–H groups in total. The summed E-state index contributed by atoms with van der Waals surface area (Å²) in [4.78, 5) is 0. The van der Waals surface area contributed by atoms with Crippen molar-refractivity contribution in [1.82, 2.24) is 5.32 Å². The first-order chi connectivity index (χ1) is 15.0. The summed E-state index contributed by atoms with van der Waals surface area (Å²) >= 11 is 15.8. The highest BCUT2D eigenvalue weighted by Gasteiger charge is 2.13. The second kappa shape index (κ2) is 13.2. The minimum atomic E-state index is 0. The Morgan fingerprint density at radius 2 is 1.66 bits per heavy atom. The van der Waals surface area contributed by atoms with E-state index in [1.54, 1.807) is 26.4 Å². The Hall–Kier alpha value is -1.63. The molecule has 0 bridgehead atoms. The molecule has 0 aliphatic carbocycles. The van der Waals surface area contributed by atoms with E-state index in [4.69, 9.17) is 37.4 Å². The van der Waals surface area contributed by atoms with Crippen molar-refractivity contribution in [2.45, 2.75) is 19.6 Å². The molecule has 0 aliphatic rings. The first kappa shape index (κ1) is 26.6. The van der Waals surface area contributed by atoms with E-state index < -0.39 is 0 Å². The van der Waals surface area contributed by atoms with Crippen LogP contribution in [0.3, 0.4) is 0 Å². The minimum Gasteiger partial charge on any atom is -0.497 e. The Morgan fingerprint density at radius 1 is 0.906 bits per heavy atom. The third kappa shape index (κ3) is 7.46. The molecule has 0 amide bonds. The van der Waals surface area contributed by atoms with E-state index in [1.807, 2.05) is 30.3 Å². The number of halogens is 4. The quantitative estimate of drug-likeness (QED) is 0.268. The number of methoxy groups -OCH3 is 2. The third-order valence-corrected chi connectivity index (χ3v) is 5.93. The summed E-state index contributed by atoms with van der Waals surface area (Å²) in [7, 11) is 3.30. The van der Waals surface area contributed by atoms with E-state index in [2.05, 4.69) is 33.4 Å². The topological polar surface area (TPSA) is 39.7 Å². The van der Waals surface area contributed by atoms with E-state index in [0.29, 0.717) is 34.7 Å². The molecule has 0 aliphatic heterocycles. The lowest BCUT2D eigenvalue weighted by molar-refractivity contribution is 0.282. The molecule has 0 saturated carbocycles. The smallest absolute Gasteiger partial charge is 0.175 e. The molecule has 0 heterocycles. The van der Waals surface area contributed by atoms with Crippen molar-refractivity contribution in [1.29, 1.82) is 0 Å². The van der Waals surface area contributed by atoms with Gasteiger partial charge in [-0.3, -0.25) is 0 Å². The molecule has 0 aromatic heterocycles. The summed E-state index contributed by atoms with van der Waals surface area (Å²) in [6.45, 7) is 1.89. The Kier molecular flexibility index (Phi) is 11.0. The molecule has 3 aromatic carbocycles. The molecule has 32 heavy (non-hydrogen) atoms. The first-order valence-corrected chi connectivity index (χ1v) is 11.3. The standard InChI is InChI=1S/C24H24BrCl2NO3.ClH/c1-29-20-7-3-16(4-8-20)9-10-28-14-17-11-21(25)24(23(12-17)30-2)31-15-18-5-6-19(26)13-22(18)27;/h3-8,11-13,28H,9-10,14-15H2,1-2H3;1H. The van der Waals surface area contributed by atoms with Gasteiger partial charge in [0.1, 0.15) is 12.4 Å². The predicted molar refractivity (Wildman–Crippen MR) is 137 cm³/mol. The molecule has 3 rings (SSSR count). The van der Waals surface area contributed by atoms with Crippen LogP contribution in [0, 0.1) is 0 Å². The van der Waals surface area contributed by atoms with Crippen molar-refractivity contribution in [2.24, 2.45) is 0 Å². The van der Waals surface area contributed by atoms with Gasteiger partial charge in [0.25, 0.3) is 0 Å². The van der Waals surface area contributed by atoms with Gasteiger partial charge >= 0.3 is 0 Å². The molecule has 8 heteroatoms. The molecular formula is C24H25BrCl3NO3. The van der Waals surface area contributed by atoms with Gasteiger partial charge in [-0.25, -0.2) is 0 Å². The maximum absolute atomic E-state index is 6.24. The van der Waals surface area contributed by atoms with Crippen molar-refractivity contribution in [3.8, 4) is 17.2 Å². The van der Waals surface area contributed by atoms with Gasteiger partial charge in [-0.1, -0.05) is 41.4 Å². The summed E-state index contributed by atoms with van der Waals surface area (Å²) in [6.07, 6.45) is 0.936. The fraction of sp³-hybridized carbons (Fsp3) is 0.250. The van der Waals surface area contributed by atoms with Crippen LogP contribution in [-0.4, -0.2) is 20.8 Å². The van der Waals surface area contributed by atoms with Crippen LogP contribution in [0.2, 0.25) is 10.0 Å². The molecule has 172 valence electrons. The molecule has 0 radical (unpaired) electrons. The number of rotatable bonds is 10. The third-order valence-electron chi connectivity index (χ3n) is 4.75. The second-order valence-corrected chi connectivity index (χ2v) is 8.61. The van der Waals surface area contributed by atoms with Crippen LogP contribution >= 0.6 is 51.5 Å². The normalized spacial score (nSPS) is 10.4. The van der Waals surface area contributed by atoms with Crippen molar-refractivity contribution in [2.75, 3.05) is 20.8 Å². The van der Waals surface area contributed by atoms with Gasteiger partial charge in [-0.05, 0) is 76.4 Å². The molecule has 0 fully saturated rings. The highest BCUT2D eigenvalue weighted by Crippen LogP contribution is 2.37. The fourth-order valence-electron chi connectivity index (χ4n) is 3.06. The lowest BCUT2D eigenvalue weighted by Crippen LogP contribution is -2.16. The lowest BCUT2D eigenvalue weighted by Gasteiger charge is -2.15. The summed E-state index contributed by atoms with van der Waals surface area (Å²) in [5, 5.41) is 4.63. The monoisotopic (exact) mass is 559 g/mol. The second-order valence-electron chi connectivity index (χ2n) is 6.91. The Bertz CT molecular complexity index is 1020. The zero-order valence-electron chi connectivity index (χ0n) is 17.8. The van der Waals surface area contributed by atoms with Crippen LogP contribution in [0.1, 0.15) is 16.7 Å². The first-order valence-electron chi connectivity index (χ1n) is 9.77. The maximum Gasteiger partial charge on any atom is 0.175 e. The van der Waals surface area contributed by atoms with Crippen LogP contribution in [0.25, 0.3) is 0 Å². The summed E-state index contributed by atoms with van der Waals surface area (Å²) in [5.74, 6) is 2.16. The summed E-state index contributed by atoms with van der Waals surface area (Å²) in [6, 6.07) is 17.5. The zero-order chi connectivity index (χ0) is 22.2. The largest absolute Gasteiger partial charge is 0.497 e. The van der Waals surface area contributed by atoms with Gasteiger partial charge in [0.2, 0.25) is 0 Å². The van der Waals surface area contributed by atoms with E-state index in [-0.39, 0.29) is 12.4 Å². The Balaban J connectivity index is 0.00000363. The van der Waals surface area contributed by atoms with Gasteiger partial charge in [0, 0.05) is 22.2 Å². The fourth-order valence-corrected chi connectivity index (χ4v) is 4.13. The van der Waals surface area contributed by atoms with Crippen LogP contribution in [0.4, 0.5) is 0 Å². The van der Waals surface area contributed by atoms with Gasteiger partial charge in [-0.15, -0.1) is 12.4 Å². The van der Waals surface area contributed by atoms with E-state index >= 15 is 0 Å². The van der Waals surface area contributed by atoms with Crippen molar-refractivity contribution in [3.05, 3.63) is 85.8 Å². The summed E-state index contributed by atoms with van der Waals surface area (Å²) in [5.41, 5.74) is 3.20. The maximum atomic E-state index is 6.24. The number of hydrogen-bond acceptors (Lipinski definition) is 4. The molecule has 4 nitrogen and oxygen atoms in total.